The van der Waals surface area contributed by atoms with Gasteiger partial charge in [0, 0.05) is 31.9 Å². The Bertz CT molecular complexity index is 1070. The molecule has 0 radical (unpaired) electrons. The number of aromatic amines is 1. The van der Waals surface area contributed by atoms with Crippen LogP contribution in [0.3, 0.4) is 0 Å². The number of hydrogen-bond donors (Lipinski definition) is 1. The number of hydrogen-bond acceptors (Lipinski definition) is 4. The molecule has 1 N–H and O–H groups in total. The number of carbonyl (C=O) groups is 1. The molecule has 0 aliphatic carbocycles. The average molecular weight is 362 g/mol. The molecule has 1 fully saturated rings. The van der Waals surface area contributed by atoms with Crippen LogP contribution in [-0.4, -0.2) is 47.0 Å². The topological polar surface area (TPSA) is 69.3 Å². The minimum atomic E-state index is -0.280. The summed E-state index contributed by atoms with van der Waals surface area (Å²) < 4.78 is 0. The minimum absolute atomic E-state index is 0.110. The van der Waals surface area contributed by atoms with Crippen molar-refractivity contribution in [1.82, 2.24) is 14.9 Å². The molecule has 0 bridgehead atoms. The molecule has 1 saturated heterocycles. The van der Waals surface area contributed by atoms with E-state index in [9.17, 15) is 9.59 Å². The Hall–Kier alpha value is -3.15. The molecule has 27 heavy (non-hydrogen) atoms. The lowest BCUT2D eigenvalue weighted by molar-refractivity contribution is 0.0734. The number of nitrogens with one attached hydrogen (secondary N) is 1. The van der Waals surface area contributed by atoms with Crippen molar-refractivity contribution in [3.63, 3.8) is 0 Å². The molecule has 0 unspecified atom stereocenters. The molecule has 138 valence electrons. The van der Waals surface area contributed by atoms with Gasteiger partial charge in [-0.05, 0) is 43.2 Å². The van der Waals surface area contributed by atoms with Crippen molar-refractivity contribution in [2.45, 2.75) is 13.8 Å². The number of amides is 1. The summed E-state index contributed by atoms with van der Waals surface area (Å²) in [4.78, 5) is 36.1. The molecular formula is C21H22N4O2. The summed E-state index contributed by atoms with van der Waals surface area (Å²) in [7, 11) is 0. The molecule has 1 aromatic heterocycles. The number of carbonyl (C=O) groups excluding carboxylic acids is 1. The summed E-state index contributed by atoms with van der Waals surface area (Å²) >= 11 is 0. The van der Waals surface area contributed by atoms with Crippen LogP contribution in [0.25, 0.3) is 10.9 Å². The Labute approximate surface area is 157 Å². The summed E-state index contributed by atoms with van der Waals surface area (Å²) in [6.07, 6.45) is 0. The van der Waals surface area contributed by atoms with E-state index in [0.717, 1.165) is 13.1 Å². The first-order valence-corrected chi connectivity index (χ1v) is 9.14. The number of nitrogens with zero attached hydrogens (tertiary/aromatic N) is 3. The van der Waals surface area contributed by atoms with Gasteiger partial charge in [0.05, 0.1) is 10.9 Å². The number of para-hydroxylation sites is 1. The fraction of sp³-hybridized carbons (Fsp3) is 0.286. The van der Waals surface area contributed by atoms with Gasteiger partial charge in [0.2, 0.25) is 0 Å². The number of rotatable bonds is 2. The maximum absolute atomic E-state index is 12.8. The van der Waals surface area contributed by atoms with Crippen molar-refractivity contribution in [2.24, 2.45) is 0 Å². The number of aromatic nitrogens is 2. The fourth-order valence-electron chi connectivity index (χ4n) is 3.57. The van der Waals surface area contributed by atoms with Gasteiger partial charge in [-0.2, -0.15) is 0 Å². The maximum atomic E-state index is 12.8. The Morgan fingerprint density at radius 1 is 1.00 bits per heavy atom. The van der Waals surface area contributed by atoms with Gasteiger partial charge < -0.3 is 14.8 Å². The lowest BCUT2D eigenvalue weighted by Crippen LogP contribution is -2.49. The van der Waals surface area contributed by atoms with E-state index in [1.165, 1.54) is 16.8 Å². The predicted molar refractivity (Wildman–Crippen MR) is 106 cm³/mol. The quantitative estimate of drug-likeness (QED) is 0.760. The van der Waals surface area contributed by atoms with Crippen LogP contribution in [0.15, 0.2) is 47.3 Å². The molecule has 4 rings (SSSR count). The van der Waals surface area contributed by atoms with Crippen LogP contribution < -0.4 is 10.5 Å². The average Bonchev–Trinajstić information content (AvgIpc) is 2.70. The van der Waals surface area contributed by atoms with E-state index >= 15 is 0 Å². The van der Waals surface area contributed by atoms with Crippen LogP contribution in [0.2, 0.25) is 0 Å². The van der Waals surface area contributed by atoms with Crippen LogP contribution in [0, 0.1) is 13.8 Å². The first kappa shape index (κ1) is 17.3. The highest BCUT2D eigenvalue weighted by molar-refractivity contribution is 5.92. The Morgan fingerprint density at radius 2 is 1.74 bits per heavy atom. The molecule has 6 nitrogen and oxygen atoms in total. The first-order valence-electron chi connectivity index (χ1n) is 9.14. The Kier molecular flexibility index (Phi) is 4.39. The van der Waals surface area contributed by atoms with Crippen LogP contribution in [0.1, 0.15) is 21.7 Å². The summed E-state index contributed by atoms with van der Waals surface area (Å²) in [6, 6.07) is 13.4. The molecule has 3 aromatic rings. The third-order valence-corrected chi connectivity index (χ3v) is 5.30. The van der Waals surface area contributed by atoms with Gasteiger partial charge >= 0.3 is 0 Å². The normalized spacial score (nSPS) is 14.6. The molecular weight excluding hydrogens is 340 g/mol. The highest BCUT2D eigenvalue weighted by atomic mass is 16.2. The van der Waals surface area contributed by atoms with E-state index in [1.807, 2.05) is 6.07 Å². The monoisotopic (exact) mass is 362 g/mol. The fourth-order valence-corrected chi connectivity index (χ4v) is 3.57. The van der Waals surface area contributed by atoms with Crippen molar-refractivity contribution in [1.29, 1.82) is 0 Å². The van der Waals surface area contributed by atoms with E-state index in [4.69, 9.17) is 0 Å². The van der Waals surface area contributed by atoms with Crippen molar-refractivity contribution >= 4 is 22.5 Å². The second-order valence-electron chi connectivity index (χ2n) is 6.93. The summed E-state index contributed by atoms with van der Waals surface area (Å²) in [6.45, 7) is 6.96. The van der Waals surface area contributed by atoms with Gasteiger partial charge in [0.1, 0.15) is 0 Å². The number of piperazine rings is 1. The number of anilines is 1. The van der Waals surface area contributed by atoms with E-state index in [1.54, 1.807) is 23.1 Å². The lowest BCUT2D eigenvalue weighted by Gasteiger charge is -2.36. The van der Waals surface area contributed by atoms with Gasteiger partial charge in [0.25, 0.3) is 11.5 Å². The molecule has 6 heteroatoms. The highest BCUT2D eigenvalue weighted by Crippen LogP contribution is 2.24. The van der Waals surface area contributed by atoms with Crippen molar-refractivity contribution in [3.05, 3.63) is 69.8 Å². The molecule has 0 spiro atoms. The summed E-state index contributed by atoms with van der Waals surface area (Å²) in [5.41, 5.74) is 4.03. The number of H-pyrrole nitrogens is 1. The van der Waals surface area contributed by atoms with Crippen molar-refractivity contribution < 1.29 is 4.79 Å². The second kappa shape index (κ2) is 6.87. The van der Waals surface area contributed by atoms with E-state index in [2.05, 4.69) is 46.9 Å². The number of aryl methyl sites for hydroxylation is 1. The van der Waals surface area contributed by atoms with Crippen molar-refractivity contribution in [2.75, 3.05) is 31.1 Å². The Morgan fingerprint density at radius 3 is 2.52 bits per heavy atom. The van der Waals surface area contributed by atoms with Crippen molar-refractivity contribution in [3.8, 4) is 0 Å². The van der Waals surface area contributed by atoms with Crippen LogP contribution in [0.5, 0.6) is 0 Å². The number of benzene rings is 2. The smallest absolute Gasteiger partial charge is 0.289 e. The zero-order valence-corrected chi connectivity index (χ0v) is 15.5. The molecule has 1 aliphatic heterocycles. The Balaban J connectivity index is 1.52. The molecule has 1 aliphatic rings. The maximum Gasteiger partial charge on any atom is 0.289 e. The molecule has 2 aromatic carbocycles. The first-order chi connectivity index (χ1) is 13.0. The third kappa shape index (κ3) is 3.18. The van der Waals surface area contributed by atoms with E-state index in [-0.39, 0.29) is 17.3 Å². The number of fused-ring (bicyclic) bond motifs is 1. The van der Waals surface area contributed by atoms with Crippen LogP contribution in [-0.2, 0) is 0 Å². The van der Waals surface area contributed by atoms with Crippen LogP contribution >= 0.6 is 0 Å². The highest BCUT2D eigenvalue weighted by Gasteiger charge is 2.25. The lowest BCUT2D eigenvalue weighted by atomic mass is 10.1. The molecule has 2 heterocycles. The third-order valence-electron chi connectivity index (χ3n) is 5.30. The van der Waals surface area contributed by atoms with Gasteiger partial charge in [-0.15, -0.1) is 0 Å². The largest absolute Gasteiger partial charge is 0.368 e. The van der Waals surface area contributed by atoms with Gasteiger partial charge in [-0.25, -0.2) is 4.98 Å². The summed E-state index contributed by atoms with van der Waals surface area (Å²) in [5.74, 6) is -0.114. The zero-order chi connectivity index (χ0) is 19.0. The van der Waals surface area contributed by atoms with E-state index < -0.39 is 0 Å². The molecule has 1 amide bonds. The standard InChI is InChI=1S/C21H22N4O2/c1-14-6-5-9-18(15(14)2)24-10-12-25(13-11-24)21(27)19-22-17-8-4-3-7-16(17)20(26)23-19/h3-9H,10-13H2,1-2H3,(H,22,23,26). The minimum Gasteiger partial charge on any atom is -0.368 e. The summed E-state index contributed by atoms with van der Waals surface area (Å²) in [5, 5.41) is 0.494. The zero-order valence-electron chi connectivity index (χ0n) is 15.5. The second-order valence-corrected chi connectivity index (χ2v) is 6.93. The SMILES string of the molecule is Cc1cccc(N2CCN(C(=O)c3nc4ccccc4c(=O)[nH]3)CC2)c1C. The van der Waals surface area contributed by atoms with E-state index in [0.29, 0.717) is 24.0 Å². The predicted octanol–water partition coefficient (Wildman–Crippen LogP) is 2.50. The van der Waals surface area contributed by atoms with Gasteiger partial charge in [-0.1, -0.05) is 24.3 Å². The van der Waals surface area contributed by atoms with Gasteiger partial charge in [0.15, 0.2) is 5.82 Å². The molecule has 0 atom stereocenters. The molecule has 0 saturated carbocycles. The van der Waals surface area contributed by atoms with Gasteiger partial charge in [-0.3, -0.25) is 9.59 Å². The van der Waals surface area contributed by atoms with Crippen LogP contribution in [0.4, 0.5) is 5.69 Å².